The summed E-state index contributed by atoms with van der Waals surface area (Å²) < 4.78 is 5.34. The Balaban J connectivity index is 1.47. The van der Waals surface area contributed by atoms with E-state index in [1.54, 1.807) is 14.0 Å². The number of urea groups is 1. The summed E-state index contributed by atoms with van der Waals surface area (Å²) in [4.78, 5) is 39.4. The Hall–Kier alpha value is -3.35. The molecule has 2 aromatic rings. The number of carbonyl (C=O) groups excluding carboxylic acids is 3. The zero-order valence-corrected chi connectivity index (χ0v) is 18.0. The minimum Gasteiger partial charge on any atom is -0.496 e. The van der Waals surface area contributed by atoms with E-state index < -0.39 is 23.4 Å². The number of aryl methyl sites for hydroxylation is 2. The fourth-order valence-electron chi connectivity index (χ4n) is 4.45. The predicted octanol–water partition coefficient (Wildman–Crippen LogP) is 2.83. The molecule has 1 heterocycles. The molecule has 31 heavy (non-hydrogen) atoms. The van der Waals surface area contributed by atoms with Gasteiger partial charge in [-0.1, -0.05) is 36.4 Å². The van der Waals surface area contributed by atoms with Crippen LogP contribution in [-0.4, -0.2) is 36.4 Å². The lowest BCUT2D eigenvalue weighted by Crippen LogP contribution is -2.43. The van der Waals surface area contributed by atoms with E-state index in [-0.39, 0.29) is 12.6 Å². The highest BCUT2D eigenvalue weighted by atomic mass is 16.5. The van der Waals surface area contributed by atoms with Crippen LogP contribution in [-0.2, 0) is 28.0 Å². The third-order valence-electron chi connectivity index (χ3n) is 6.24. The molecule has 2 atom stereocenters. The number of fused-ring (bicyclic) bond motifs is 1. The number of amides is 4. The molecule has 0 bridgehead atoms. The average Bonchev–Trinajstić information content (AvgIpc) is 3.32. The summed E-state index contributed by atoms with van der Waals surface area (Å²) in [5.41, 5.74) is 2.91. The molecule has 4 amide bonds. The zero-order chi connectivity index (χ0) is 22.2. The second-order valence-corrected chi connectivity index (χ2v) is 8.31. The minimum absolute atomic E-state index is 0.340. The minimum atomic E-state index is -1.18. The molecule has 0 spiro atoms. The topological polar surface area (TPSA) is 87.7 Å². The lowest BCUT2D eigenvalue weighted by atomic mass is 9.89. The molecule has 0 saturated carbocycles. The van der Waals surface area contributed by atoms with Gasteiger partial charge in [-0.3, -0.25) is 14.5 Å². The Kier molecular flexibility index (Phi) is 5.43. The Labute approximate surface area is 181 Å². The summed E-state index contributed by atoms with van der Waals surface area (Å²) in [5.74, 6) is -0.176. The zero-order valence-electron chi connectivity index (χ0n) is 18.0. The molecule has 2 aromatic carbocycles. The van der Waals surface area contributed by atoms with Gasteiger partial charge >= 0.3 is 6.03 Å². The number of hydrogen-bond donors (Lipinski definition) is 2. The van der Waals surface area contributed by atoms with Crippen LogP contribution in [0, 0.1) is 0 Å². The largest absolute Gasteiger partial charge is 0.496 e. The van der Waals surface area contributed by atoms with Crippen molar-refractivity contribution in [2.45, 2.75) is 44.7 Å². The standard InChI is InChI=1S/C24H27N3O4/c1-15(19-9-4-5-10-20(19)31-3)25-21(28)14-27-22(29)24(2,26-23(27)30)18-12-11-16-7-6-8-17(16)13-18/h4-5,9-13,15H,6-8,14H2,1-3H3,(H,25,28)(H,26,30). The number of ether oxygens (including phenoxy) is 1. The summed E-state index contributed by atoms with van der Waals surface area (Å²) in [6.45, 7) is 3.18. The summed E-state index contributed by atoms with van der Waals surface area (Å²) in [5, 5.41) is 5.63. The molecule has 1 saturated heterocycles. The molecular formula is C24H27N3O4. The molecular weight excluding hydrogens is 394 g/mol. The first-order chi connectivity index (χ1) is 14.8. The van der Waals surface area contributed by atoms with Crippen LogP contribution in [0.25, 0.3) is 0 Å². The molecule has 1 aliphatic heterocycles. The molecule has 1 fully saturated rings. The quantitative estimate of drug-likeness (QED) is 0.702. The highest BCUT2D eigenvalue weighted by Gasteiger charge is 2.49. The first kappa shape index (κ1) is 20.9. The van der Waals surface area contributed by atoms with Gasteiger partial charge in [0.1, 0.15) is 17.8 Å². The normalized spacial score (nSPS) is 20.9. The number of methoxy groups -OCH3 is 1. The average molecular weight is 421 g/mol. The van der Waals surface area contributed by atoms with Gasteiger partial charge in [0.25, 0.3) is 5.91 Å². The monoisotopic (exact) mass is 421 g/mol. The lowest BCUT2D eigenvalue weighted by Gasteiger charge is -2.23. The van der Waals surface area contributed by atoms with Crippen LogP contribution in [0.2, 0.25) is 0 Å². The molecule has 0 radical (unpaired) electrons. The SMILES string of the molecule is COc1ccccc1C(C)NC(=O)CN1C(=O)NC(C)(c2ccc3c(c2)CCC3)C1=O. The predicted molar refractivity (Wildman–Crippen MR) is 116 cm³/mol. The number of benzene rings is 2. The maximum Gasteiger partial charge on any atom is 0.325 e. The van der Waals surface area contributed by atoms with Gasteiger partial charge in [0.15, 0.2) is 0 Å². The lowest BCUT2D eigenvalue weighted by molar-refractivity contribution is -0.135. The van der Waals surface area contributed by atoms with Crippen molar-refractivity contribution in [3.63, 3.8) is 0 Å². The second kappa shape index (κ2) is 8.06. The van der Waals surface area contributed by atoms with Gasteiger partial charge in [-0.2, -0.15) is 0 Å². The number of para-hydroxylation sites is 1. The van der Waals surface area contributed by atoms with E-state index >= 15 is 0 Å². The van der Waals surface area contributed by atoms with E-state index in [9.17, 15) is 14.4 Å². The number of nitrogens with zero attached hydrogens (tertiary/aromatic N) is 1. The van der Waals surface area contributed by atoms with Crippen molar-refractivity contribution in [3.05, 3.63) is 64.7 Å². The van der Waals surface area contributed by atoms with Gasteiger partial charge in [0.05, 0.1) is 13.2 Å². The summed E-state index contributed by atoms with van der Waals surface area (Å²) in [7, 11) is 1.57. The maximum absolute atomic E-state index is 13.2. The van der Waals surface area contributed by atoms with Gasteiger partial charge < -0.3 is 15.4 Å². The molecule has 7 heteroatoms. The molecule has 0 aromatic heterocycles. The molecule has 2 N–H and O–H groups in total. The number of nitrogens with one attached hydrogen (secondary N) is 2. The van der Waals surface area contributed by atoms with Crippen molar-refractivity contribution >= 4 is 17.8 Å². The number of imide groups is 1. The first-order valence-corrected chi connectivity index (χ1v) is 10.5. The fourth-order valence-corrected chi connectivity index (χ4v) is 4.45. The molecule has 2 unspecified atom stereocenters. The van der Waals surface area contributed by atoms with Crippen molar-refractivity contribution in [1.82, 2.24) is 15.5 Å². The van der Waals surface area contributed by atoms with Crippen molar-refractivity contribution < 1.29 is 19.1 Å². The van der Waals surface area contributed by atoms with Gasteiger partial charge in [0, 0.05) is 5.56 Å². The van der Waals surface area contributed by atoms with Crippen molar-refractivity contribution in [2.24, 2.45) is 0 Å². The summed E-state index contributed by atoms with van der Waals surface area (Å²) in [6, 6.07) is 12.4. The highest BCUT2D eigenvalue weighted by Crippen LogP contribution is 2.32. The third kappa shape index (κ3) is 3.76. The van der Waals surface area contributed by atoms with E-state index in [1.165, 1.54) is 11.1 Å². The molecule has 162 valence electrons. The Morgan fingerprint density at radius 1 is 1.19 bits per heavy atom. The van der Waals surface area contributed by atoms with E-state index in [4.69, 9.17) is 4.74 Å². The molecule has 2 aliphatic rings. The number of carbonyl (C=O) groups is 3. The van der Waals surface area contributed by atoms with Gasteiger partial charge in [0.2, 0.25) is 5.91 Å². The Morgan fingerprint density at radius 2 is 1.94 bits per heavy atom. The van der Waals surface area contributed by atoms with E-state index in [1.807, 2.05) is 49.4 Å². The van der Waals surface area contributed by atoms with E-state index in [2.05, 4.69) is 10.6 Å². The summed E-state index contributed by atoms with van der Waals surface area (Å²) in [6.07, 6.45) is 3.13. The van der Waals surface area contributed by atoms with Gasteiger partial charge in [-0.25, -0.2) is 4.79 Å². The second-order valence-electron chi connectivity index (χ2n) is 8.31. The van der Waals surface area contributed by atoms with Crippen molar-refractivity contribution in [2.75, 3.05) is 13.7 Å². The van der Waals surface area contributed by atoms with Gasteiger partial charge in [-0.05, 0) is 55.9 Å². The maximum atomic E-state index is 13.2. The van der Waals surface area contributed by atoms with Crippen LogP contribution in [0.5, 0.6) is 5.75 Å². The molecule has 7 nitrogen and oxygen atoms in total. The van der Waals surface area contributed by atoms with Crippen molar-refractivity contribution in [1.29, 1.82) is 0 Å². The van der Waals surface area contributed by atoms with Crippen LogP contribution in [0.1, 0.15) is 48.6 Å². The van der Waals surface area contributed by atoms with Crippen LogP contribution >= 0.6 is 0 Å². The highest BCUT2D eigenvalue weighted by molar-refractivity contribution is 6.09. The van der Waals surface area contributed by atoms with Gasteiger partial charge in [-0.15, -0.1) is 0 Å². The first-order valence-electron chi connectivity index (χ1n) is 10.5. The van der Waals surface area contributed by atoms with Crippen LogP contribution < -0.4 is 15.4 Å². The van der Waals surface area contributed by atoms with E-state index in [0.717, 1.165) is 35.3 Å². The van der Waals surface area contributed by atoms with Crippen LogP contribution in [0.4, 0.5) is 4.79 Å². The van der Waals surface area contributed by atoms with Crippen LogP contribution in [0.15, 0.2) is 42.5 Å². The number of hydrogen-bond acceptors (Lipinski definition) is 4. The third-order valence-corrected chi connectivity index (χ3v) is 6.24. The Bertz CT molecular complexity index is 1050. The Morgan fingerprint density at radius 3 is 2.71 bits per heavy atom. The van der Waals surface area contributed by atoms with E-state index in [0.29, 0.717) is 5.75 Å². The molecule has 1 aliphatic carbocycles. The molecule has 4 rings (SSSR count). The van der Waals surface area contributed by atoms with Crippen molar-refractivity contribution in [3.8, 4) is 5.75 Å². The number of rotatable bonds is 6. The fraction of sp³-hybridized carbons (Fsp3) is 0.375. The summed E-state index contributed by atoms with van der Waals surface area (Å²) >= 11 is 0. The van der Waals surface area contributed by atoms with Crippen LogP contribution in [0.3, 0.4) is 0 Å². The smallest absolute Gasteiger partial charge is 0.325 e.